The van der Waals surface area contributed by atoms with Gasteiger partial charge in [-0.3, -0.25) is 4.79 Å². The number of hydrogen-bond acceptors (Lipinski definition) is 2. The first-order valence-corrected chi connectivity index (χ1v) is 8.15. The minimum absolute atomic E-state index is 0.0339. The summed E-state index contributed by atoms with van der Waals surface area (Å²) in [5.41, 5.74) is 1.57. The maximum absolute atomic E-state index is 12.8. The molecule has 0 radical (unpaired) electrons. The van der Waals surface area contributed by atoms with Gasteiger partial charge in [-0.1, -0.05) is 55.8 Å². The van der Waals surface area contributed by atoms with Gasteiger partial charge in [-0.15, -0.1) is 0 Å². The predicted molar refractivity (Wildman–Crippen MR) is 86.9 cm³/mol. The fourth-order valence-corrected chi connectivity index (χ4v) is 3.43. The minimum Gasteiger partial charge on any atom is -0.367 e. The Morgan fingerprint density at radius 3 is 2.77 bits per heavy atom. The number of carbonyl (C=O) groups is 1. The zero-order valence-electron chi connectivity index (χ0n) is 13.1. The summed E-state index contributed by atoms with van der Waals surface area (Å²) in [6.45, 7) is 2.57. The Morgan fingerprint density at radius 1 is 1.27 bits per heavy atom. The first-order valence-electron chi connectivity index (χ1n) is 8.15. The van der Waals surface area contributed by atoms with Crippen molar-refractivity contribution in [2.45, 2.75) is 51.3 Å². The highest BCUT2D eigenvalue weighted by Gasteiger charge is 2.48. The van der Waals surface area contributed by atoms with Crippen molar-refractivity contribution in [3.63, 3.8) is 0 Å². The Labute approximate surface area is 132 Å². The van der Waals surface area contributed by atoms with Crippen molar-refractivity contribution in [3.05, 3.63) is 59.2 Å². The molecule has 1 aliphatic carbocycles. The van der Waals surface area contributed by atoms with Crippen LogP contribution in [0.2, 0.25) is 0 Å². The van der Waals surface area contributed by atoms with Crippen LogP contribution in [0.3, 0.4) is 0 Å². The molecule has 22 heavy (non-hydrogen) atoms. The number of benzene rings is 1. The van der Waals surface area contributed by atoms with E-state index in [9.17, 15) is 9.90 Å². The zero-order chi connectivity index (χ0) is 15.6. The van der Waals surface area contributed by atoms with Crippen LogP contribution in [0, 0.1) is 0 Å². The van der Waals surface area contributed by atoms with Gasteiger partial charge in [0, 0.05) is 12.1 Å². The van der Waals surface area contributed by atoms with Crippen molar-refractivity contribution in [1.82, 2.24) is 4.90 Å². The molecule has 1 aliphatic heterocycles. The summed E-state index contributed by atoms with van der Waals surface area (Å²) in [7, 11) is 0. The number of unbranched alkanes of at least 4 members (excludes halogenated alkanes) is 1. The first-order chi connectivity index (χ1) is 10.7. The lowest BCUT2D eigenvalue weighted by Gasteiger charge is -2.36. The van der Waals surface area contributed by atoms with Crippen molar-refractivity contribution in [1.29, 1.82) is 0 Å². The van der Waals surface area contributed by atoms with Crippen molar-refractivity contribution in [3.8, 4) is 0 Å². The third-order valence-corrected chi connectivity index (χ3v) is 4.64. The standard InChI is InChI=1S/C19H23NO2/c1-2-3-13-19(22)17-12-8-7-11-16(17)18(21)20(19)14-15-9-5-4-6-10-15/h4-7,9-11,22H,2-3,8,12-14H2,1H3. The van der Waals surface area contributed by atoms with Gasteiger partial charge >= 0.3 is 0 Å². The first kappa shape index (κ1) is 15.0. The highest BCUT2D eigenvalue weighted by molar-refractivity contribution is 6.01. The predicted octanol–water partition coefficient (Wildman–Crippen LogP) is 3.55. The van der Waals surface area contributed by atoms with Crippen LogP contribution in [0.4, 0.5) is 0 Å². The van der Waals surface area contributed by atoms with E-state index in [-0.39, 0.29) is 5.91 Å². The van der Waals surface area contributed by atoms with Gasteiger partial charge in [-0.2, -0.15) is 0 Å². The van der Waals surface area contributed by atoms with Gasteiger partial charge < -0.3 is 10.0 Å². The van der Waals surface area contributed by atoms with E-state index >= 15 is 0 Å². The maximum Gasteiger partial charge on any atom is 0.256 e. The molecule has 0 saturated heterocycles. The van der Waals surface area contributed by atoms with E-state index in [0.29, 0.717) is 18.5 Å². The molecule has 1 atom stereocenters. The number of aliphatic hydroxyl groups is 1. The largest absolute Gasteiger partial charge is 0.367 e. The molecule has 0 fully saturated rings. The molecule has 1 N–H and O–H groups in total. The lowest BCUT2D eigenvalue weighted by atomic mass is 9.89. The van der Waals surface area contributed by atoms with Crippen LogP contribution in [0.15, 0.2) is 53.6 Å². The average molecular weight is 297 g/mol. The number of allylic oxidation sites excluding steroid dienone is 1. The van der Waals surface area contributed by atoms with E-state index < -0.39 is 5.72 Å². The third kappa shape index (κ3) is 2.50. The van der Waals surface area contributed by atoms with E-state index in [1.807, 2.05) is 42.5 Å². The Bertz CT molecular complexity index is 618. The van der Waals surface area contributed by atoms with Crippen LogP contribution in [-0.4, -0.2) is 21.6 Å². The highest BCUT2D eigenvalue weighted by atomic mass is 16.3. The average Bonchev–Trinajstić information content (AvgIpc) is 2.77. The summed E-state index contributed by atoms with van der Waals surface area (Å²) in [6, 6.07) is 9.90. The molecule has 0 spiro atoms. The molecule has 0 aromatic heterocycles. The molecule has 1 amide bonds. The number of rotatable bonds is 5. The Balaban J connectivity index is 1.94. The summed E-state index contributed by atoms with van der Waals surface area (Å²) in [4.78, 5) is 14.4. The van der Waals surface area contributed by atoms with Crippen LogP contribution in [-0.2, 0) is 11.3 Å². The van der Waals surface area contributed by atoms with Crippen LogP contribution >= 0.6 is 0 Å². The second-order valence-electron chi connectivity index (χ2n) is 6.13. The van der Waals surface area contributed by atoms with Gasteiger partial charge in [0.1, 0.15) is 0 Å². The van der Waals surface area contributed by atoms with Crippen molar-refractivity contribution >= 4 is 5.91 Å². The molecule has 1 unspecified atom stereocenters. The monoisotopic (exact) mass is 297 g/mol. The van der Waals surface area contributed by atoms with Crippen molar-refractivity contribution < 1.29 is 9.90 Å². The quantitative estimate of drug-likeness (QED) is 0.903. The lowest BCUT2D eigenvalue weighted by Crippen LogP contribution is -2.47. The summed E-state index contributed by atoms with van der Waals surface area (Å²) in [5.74, 6) is -0.0339. The van der Waals surface area contributed by atoms with Crippen LogP contribution < -0.4 is 0 Å². The molecule has 3 nitrogen and oxygen atoms in total. The fraction of sp³-hybridized carbons (Fsp3) is 0.421. The van der Waals surface area contributed by atoms with Gasteiger partial charge in [0.15, 0.2) is 5.72 Å². The molecule has 116 valence electrons. The summed E-state index contributed by atoms with van der Waals surface area (Å²) in [5, 5.41) is 11.3. The van der Waals surface area contributed by atoms with Crippen molar-refractivity contribution in [2.75, 3.05) is 0 Å². The van der Waals surface area contributed by atoms with Crippen LogP contribution in [0.25, 0.3) is 0 Å². The number of nitrogens with zero attached hydrogens (tertiary/aromatic N) is 1. The lowest BCUT2D eigenvalue weighted by molar-refractivity contribution is -0.145. The fourth-order valence-electron chi connectivity index (χ4n) is 3.43. The Hall–Kier alpha value is -1.87. The smallest absolute Gasteiger partial charge is 0.256 e. The number of carbonyl (C=O) groups excluding carboxylic acids is 1. The molecule has 3 heteroatoms. The molecular weight excluding hydrogens is 274 g/mol. The zero-order valence-corrected chi connectivity index (χ0v) is 13.1. The molecule has 0 bridgehead atoms. The molecular formula is C19H23NO2. The van der Waals surface area contributed by atoms with Crippen LogP contribution in [0.5, 0.6) is 0 Å². The van der Waals surface area contributed by atoms with E-state index in [0.717, 1.165) is 36.8 Å². The molecule has 1 heterocycles. The van der Waals surface area contributed by atoms with Gasteiger partial charge in [0.05, 0.1) is 0 Å². The van der Waals surface area contributed by atoms with Gasteiger partial charge in [-0.25, -0.2) is 0 Å². The SMILES string of the molecule is CCCCC1(O)C2=C(C=CCC2)C(=O)N1Cc1ccccc1. The Kier molecular flexibility index (Phi) is 4.16. The third-order valence-electron chi connectivity index (χ3n) is 4.64. The molecule has 1 aromatic rings. The second kappa shape index (κ2) is 6.09. The summed E-state index contributed by atoms with van der Waals surface area (Å²) < 4.78 is 0. The van der Waals surface area contributed by atoms with Crippen LogP contribution in [0.1, 0.15) is 44.6 Å². The molecule has 0 saturated carbocycles. The molecule has 1 aromatic carbocycles. The topological polar surface area (TPSA) is 40.5 Å². The normalized spacial score (nSPS) is 24.1. The van der Waals surface area contributed by atoms with E-state index in [1.54, 1.807) is 4.90 Å². The number of hydrogen-bond donors (Lipinski definition) is 1. The highest BCUT2D eigenvalue weighted by Crippen LogP contribution is 2.43. The molecule has 3 rings (SSSR count). The van der Waals surface area contributed by atoms with Crippen molar-refractivity contribution in [2.24, 2.45) is 0 Å². The van der Waals surface area contributed by atoms with E-state index in [2.05, 4.69) is 6.92 Å². The van der Waals surface area contributed by atoms with Gasteiger partial charge in [0.2, 0.25) is 0 Å². The maximum atomic E-state index is 12.8. The van der Waals surface area contributed by atoms with E-state index in [4.69, 9.17) is 0 Å². The summed E-state index contributed by atoms with van der Waals surface area (Å²) in [6.07, 6.45) is 8.15. The number of amides is 1. The second-order valence-corrected chi connectivity index (χ2v) is 6.13. The van der Waals surface area contributed by atoms with Gasteiger partial charge in [-0.05, 0) is 36.8 Å². The minimum atomic E-state index is -1.11. The summed E-state index contributed by atoms with van der Waals surface area (Å²) >= 11 is 0. The van der Waals surface area contributed by atoms with E-state index in [1.165, 1.54) is 0 Å². The van der Waals surface area contributed by atoms with Gasteiger partial charge in [0.25, 0.3) is 5.91 Å². The molecule has 2 aliphatic rings. The Morgan fingerprint density at radius 2 is 2.05 bits per heavy atom.